The Labute approximate surface area is 121 Å². The Kier molecular flexibility index (Phi) is 3.17. The first-order chi connectivity index (χ1) is 10.1. The fourth-order valence-corrected chi connectivity index (χ4v) is 2.55. The average molecular weight is 286 g/mol. The summed E-state index contributed by atoms with van der Waals surface area (Å²) < 4.78 is 0. The molecule has 1 fully saturated rings. The van der Waals surface area contributed by atoms with E-state index in [1.165, 1.54) is 4.90 Å². The smallest absolute Gasteiger partial charge is 0.306 e. The molecule has 1 N–H and O–H groups in total. The number of para-hydroxylation sites is 1. The zero-order valence-corrected chi connectivity index (χ0v) is 11.4. The monoisotopic (exact) mass is 286 g/mol. The molecule has 0 spiro atoms. The number of imide groups is 1. The topological polar surface area (TPSA) is 82.1 Å². The quantitative estimate of drug-likeness (QED) is 0.846. The third kappa shape index (κ3) is 2.26. The summed E-state index contributed by atoms with van der Waals surface area (Å²) in [4.78, 5) is 37.5. The van der Waals surface area contributed by atoms with Crippen molar-refractivity contribution in [3.8, 4) is 0 Å². The van der Waals surface area contributed by atoms with Gasteiger partial charge >= 0.3 is 6.03 Å². The summed E-state index contributed by atoms with van der Waals surface area (Å²) in [7, 11) is 0. The van der Waals surface area contributed by atoms with Gasteiger partial charge in [-0.1, -0.05) is 18.2 Å². The van der Waals surface area contributed by atoms with Crippen LogP contribution < -0.4 is 5.32 Å². The summed E-state index contributed by atoms with van der Waals surface area (Å²) >= 11 is 0. The van der Waals surface area contributed by atoms with Gasteiger partial charge in [0.05, 0.1) is 0 Å². The number of amidine groups is 1. The van der Waals surface area contributed by atoms with Crippen LogP contribution in [-0.4, -0.2) is 39.6 Å². The van der Waals surface area contributed by atoms with Crippen molar-refractivity contribution in [3.05, 3.63) is 30.3 Å². The number of nitrogens with one attached hydrogen (secondary N) is 1. The first-order valence-electron chi connectivity index (χ1n) is 6.65. The number of hydrogen-bond donors (Lipinski definition) is 1. The van der Waals surface area contributed by atoms with Crippen molar-refractivity contribution in [2.24, 2.45) is 5.10 Å². The van der Waals surface area contributed by atoms with Crippen molar-refractivity contribution in [1.82, 2.24) is 9.91 Å². The van der Waals surface area contributed by atoms with Gasteiger partial charge in [0.2, 0.25) is 5.91 Å². The van der Waals surface area contributed by atoms with E-state index < -0.39 is 18.0 Å². The molecule has 1 aromatic rings. The molecule has 108 valence electrons. The maximum absolute atomic E-state index is 12.3. The normalized spacial score (nSPS) is 21.2. The summed E-state index contributed by atoms with van der Waals surface area (Å²) in [6.07, 6.45) is 0.719. The Hall–Kier alpha value is -2.70. The lowest BCUT2D eigenvalue weighted by Gasteiger charge is -2.31. The fourth-order valence-electron chi connectivity index (χ4n) is 2.55. The van der Waals surface area contributed by atoms with Crippen molar-refractivity contribution in [2.75, 3.05) is 5.32 Å². The summed E-state index contributed by atoms with van der Waals surface area (Å²) in [6, 6.07) is 7.58. The fraction of sp³-hybridized carbons (Fsp3) is 0.286. The van der Waals surface area contributed by atoms with Crippen LogP contribution in [0.25, 0.3) is 0 Å². The SMILES string of the molecule is CC1=NN(C(=O)Nc2ccccc2)C(=O)[C@H]2CCC(=O)N12. The van der Waals surface area contributed by atoms with Gasteiger partial charge in [-0.3, -0.25) is 14.5 Å². The molecule has 21 heavy (non-hydrogen) atoms. The average Bonchev–Trinajstić information content (AvgIpc) is 2.86. The van der Waals surface area contributed by atoms with Crippen LogP contribution in [0, 0.1) is 0 Å². The number of carbonyl (C=O) groups is 3. The van der Waals surface area contributed by atoms with Gasteiger partial charge in [-0.25, -0.2) is 4.79 Å². The van der Waals surface area contributed by atoms with E-state index in [0.29, 0.717) is 24.4 Å². The highest BCUT2D eigenvalue weighted by atomic mass is 16.2. The molecule has 4 amide bonds. The number of hydrazone groups is 1. The Morgan fingerprint density at radius 1 is 1.29 bits per heavy atom. The minimum atomic E-state index is -0.621. The molecule has 1 aromatic carbocycles. The van der Waals surface area contributed by atoms with E-state index >= 15 is 0 Å². The number of fused-ring (bicyclic) bond motifs is 1. The van der Waals surface area contributed by atoms with Crippen molar-refractivity contribution in [2.45, 2.75) is 25.8 Å². The molecule has 0 aromatic heterocycles. The molecule has 0 unspecified atom stereocenters. The van der Waals surface area contributed by atoms with Gasteiger partial charge in [-0.15, -0.1) is 10.1 Å². The molecule has 7 nitrogen and oxygen atoms in total. The van der Waals surface area contributed by atoms with Crippen molar-refractivity contribution in [1.29, 1.82) is 0 Å². The first-order valence-corrected chi connectivity index (χ1v) is 6.65. The standard InChI is InChI=1S/C14H14N4O3/c1-9-16-18(13(20)11-7-8-12(19)17(9)11)14(21)15-10-5-3-2-4-6-10/h2-6,11H,7-8H2,1H3,(H,15,21)/t11-/m1/s1. The number of benzene rings is 1. The van der Waals surface area contributed by atoms with Crippen LogP contribution >= 0.6 is 0 Å². The van der Waals surface area contributed by atoms with E-state index in [0.717, 1.165) is 5.01 Å². The van der Waals surface area contributed by atoms with Gasteiger partial charge in [0.15, 0.2) is 0 Å². The van der Waals surface area contributed by atoms with Crippen LogP contribution in [-0.2, 0) is 9.59 Å². The number of anilines is 1. The molecular weight excluding hydrogens is 272 g/mol. The third-order valence-electron chi connectivity index (χ3n) is 3.52. The van der Waals surface area contributed by atoms with E-state index in [2.05, 4.69) is 10.4 Å². The lowest BCUT2D eigenvalue weighted by atomic mass is 10.2. The van der Waals surface area contributed by atoms with Crippen LogP contribution in [0.4, 0.5) is 10.5 Å². The van der Waals surface area contributed by atoms with Gasteiger partial charge in [-0.05, 0) is 25.5 Å². The second kappa shape index (κ2) is 5.01. The van der Waals surface area contributed by atoms with Crippen LogP contribution in [0.15, 0.2) is 35.4 Å². The van der Waals surface area contributed by atoms with Crippen LogP contribution in [0.1, 0.15) is 19.8 Å². The maximum Gasteiger partial charge on any atom is 0.349 e. The minimum absolute atomic E-state index is 0.127. The molecule has 3 rings (SSSR count). The lowest BCUT2D eigenvalue weighted by molar-refractivity contribution is -0.137. The molecule has 2 aliphatic heterocycles. The van der Waals surface area contributed by atoms with E-state index in [4.69, 9.17) is 0 Å². The van der Waals surface area contributed by atoms with Crippen molar-refractivity contribution >= 4 is 29.4 Å². The number of rotatable bonds is 1. The lowest BCUT2D eigenvalue weighted by Crippen LogP contribution is -2.54. The van der Waals surface area contributed by atoms with Crippen LogP contribution in [0.3, 0.4) is 0 Å². The predicted molar refractivity (Wildman–Crippen MR) is 75.3 cm³/mol. The summed E-state index contributed by atoms with van der Waals surface area (Å²) in [5.41, 5.74) is 0.577. The molecule has 1 saturated heterocycles. The van der Waals surface area contributed by atoms with Crippen LogP contribution in [0.2, 0.25) is 0 Å². The van der Waals surface area contributed by atoms with Gasteiger partial charge in [0, 0.05) is 12.1 Å². The molecule has 1 atom stereocenters. The molecule has 2 heterocycles. The summed E-state index contributed by atoms with van der Waals surface area (Å²) in [6.45, 7) is 1.62. The Morgan fingerprint density at radius 2 is 2.00 bits per heavy atom. The number of amides is 4. The third-order valence-corrected chi connectivity index (χ3v) is 3.52. The van der Waals surface area contributed by atoms with Crippen molar-refractivity contribution in [3.63, 3.8) is 0 Å². The maximum atomic E-state index is 12.3. The van der Waals surface area contributed by atoms with Crippen LogP contribution in [0.5, 0.6) is 0 Å². The number of nitrogens with zero attached hydrogens (tertiary/aromatic N) is 3. The molecule has 0 saturated carbocycles. The van der Waals surface area contributed by atoms with Gasteiger partial charge in [0.1, 0.15) is 11.9 Å². The van der Waals surface area contributed by atoms with Gasteiger partial charge < -0.3 is 5.32 Å². The highest BCUT2D eigenvalue weighted by Crippen LogP contribution is 2.25. The first kappa shape index (κ1) is 13.3. The highest BCUT2D eigenvalue weighted by molar-refractivity contribution is 6.11. The van der Waals surface area contributed by atoms with E-state index in [-0.39, 0.29) is 5.91 Å². The van der Waals surface area contributed by atoms with E-state index in [1.807, 2.05) is 6.07 Å². The Balaban J connectivity index is 1.82. The number of carbonyl (C=O) groups excluding carboxylic acids is 3. The second-order valence-corrected chi connectivity index (χ2v) is 4.91. The zero-order valence-electron chi connectivity index (χ0n) is 11.4. The highest BCUT2D eigenvalue weighted by Gasteiger charge is 2.45. The Morgan fingerprint density at radius 3 is 2.71 bits per heavy atom. The molecule has 0 bridgehead atoms. The minimum Gasteiger partial charge on any atom is -0.306 e. The Bertz CT molecular complexity index is 641. The summed E-state index contributed by atoms with van der Waals surface area (Å²) in [5, 5.41) is 7.36. The number of urea groups is 1. The zero-order chi connectivity index (χ0) is 15.0. The molecule has 7 heteroatoms. The largest absolute Gasteiger partial charge is 0.349 e. The van der Waals surface area contributed by atoms with Crippen molar-refractivity contribution < 1.29 is 14.4 Å². The molecule has 0 aliphatic carbocycles. The van der Waals surface area contributed by atoms with Gasteiger partial charge in [0.25, 0.3) is 5.91 Å². The van der Waals surface area contributed by atoms with E-state index in [1.54, 1.807) is 31.2 Å². The molecular formula is C14H14N4O3. The summed E-state index contributed by atoms with van der Waals surface area (Å²) in [5.74, 6) is -0.233. The van der Waals surface area contributed by atoms with E-state index in [9.17, 15) is 14.4 Å². The number of hydrogen-bond acceptors (Lipinski definition) is 4. The molecule has 0 radical (unpaired) electrons. The molecule has 2 aliphatic rings. The van der Waals surface area contributed by atoms with Gasteiger partial charge in [-0.2, -0.15) is 0 Å². The predicted octanol–water partition coefficient (Wildman–Crippen LogP) is 1.39. The second-order valence-electron chi connectivity index (χ2n) is 4.91.